The number of nitrogens with zero attached hydrogens (tertiary/aromatic N) is 2. The van der Waals surface area contributed by atoms with Crippen LogP contribution in [0.25, 0.3) is 0 Å². The Morgan fingerprint density at radius 2 is 2.04 bits per heavy atom. The van der Waals surface area contributed by atoms with Crippen LogP contribution in [-0.4, -0.2) is 70.3 Å². The lowest BCUT2D eigenvalue weighted by molar-refractivity contribution is -0.173. The van der Waals surface area contributed by atoms with Crippen LogP contribution in [0.1, 0.15) is 35.7 Å². The zero-order valence-corrected chi connectivity index (χ0v) is 14.8. The van der Waals surface area contributed by atoms with Gasteiger partial charge in [-0.25, -0.2) is 5.48 Å². The molecule has 3 heterocycles. The number of rotatable bonds is 3. The van der Waals surface area contributed by atoms with Gasteiger partial charge in [0.1, 0.15) is 12.4 Å². The number of morpholine rings is 1. The van der Waals surface area contributed by atoms with Crippen molar-refractivity contribution in [1.29, 1.82) is 0 Å². The van der Waals surface area contributed by atoms with Gasteiger partial charge in [-0.1, -0.05) is 6.07 Å². The predicted octanol–water partition coefficient (Wildman–Crippen LogP) is 0.528. The Labute approximate surface area is 152 Å². The van der Waals surface area contributed by atoms with Crippen molar-refractivity contribution in [2.24, 2.45) is 0 Å². The second-order valence-corrected chi connectivity index (χ2v) is 7.35. The van der Waals surface area contributed by atoms with Gasteiger partial charge in [0.25, 0.3) is 5.91 Å². The third kappa shape index (κ3) is 3.30. The number of likely N-dealkylation sites (tertiary alicyclic amines) is 1. The van der Waals surface area contributed by atoms with E-state index in [1.165, 1.54) is 0 Å². The van der Waals surface area contributed by atoms with Crippen LogP contribution in [0.2, 0.25) is 0 Å². The van der Waals surface area contributed by atoms with E-state index in [1.54, 1.807) is 23.7 Å². The highest BCUT2D eigenvalue weighted by Gasteiger charge is 2.39. The molecular formula is C18H25N3O5. The summed E-state index contributed by atoms with van der Waals surface area (Å²) in [4.78, 5) is 15.7. The number of aliphatic hydroxyl groups excluding tert-OH is 1. The third-order valence-corrected chi connectivity index (χ3v) is 5.53. The van der Waals surface area contributed by atoms with Crippen LogP contribution >= 0.6 is 0 Å². The molecule has 142 valence electrons. The Balaban J connectivity index is 1.53. The van der Waals surface area contributed by atoms with E-state index >= 15 is 0 Å². The van der Waals surface area contributed by atoms with Crippen molar-refractivity contribution in [2.45, 2.75) is 50.9 Å². The summed E-state index contributed by atoms with van der Waals surface area (Å²) in [6.45, 7) is 4.43. The van der Waals surface area contributed by atoms with Gasteiger partial charge in [-0.05, 0) is 31.9 Å². The van der Waals surface area contributed by atoms with E-state index in [9.17, 15) is 9.90 Å². The molecule has 1 unspecified atom stereocenters. The van der Waals surface area contributed by atoms with Gasteiger partial charge in [0.2, 0.25) is 0 Å². The number of fused-ring (bicyclic) bond motifs is 3. The minimum Gasteiger partial charge on any atom is -0.492 e. The maximum atomic E-state index is 11.6. The SMILES string of the molecule is C[C@H]1COc2cc(C(=O)NO)ccc2CN1C(O)N1C[C@@H]2CC[C@@H](C1)O2. The number of ether oxygens (including phenoxy) is 2. The van der Waals surface area contributed by atoms with Crippen LogP contribution in [0, 0.1) is 0 Å². The highest BCUT2D eigenvalue weighted by atomic mass is 16.5. The Kier molecular flexibility index (Phi) is 4.85. The maximum absolute atomic E-state index is 11.6. The molecule has 2 fully saturated rings. The van der Waals surface area contributed by atoms with Gasteiger partial charge < -0.3 is 14.6 Å². The standard InChI is InChI=1S/C18H25N3O5/c1-11-10-25-16-6-12(17(22)19-24)2-3-13(16)7-21(11)18(23)20-8-14-4-5-15(9-20)26-14/h2-3,6,11,14-15,18,23-24H,4-5,7-10H2,1H3,(H,19,22)/t11-,14-,15-,18?/m0/s1. The van der Waals surface area contributed by atoms with Crippen molar-refractivity contribution < 1.29 is 24.6 Å². The molecule has 26 heavy (non-hydrogen) atoms. The first-order valence-corrected chi connectivity index (χ1v) is 9.08. The summed E-state index contributed by atoms with van der Waals surface area (Å²) in [5.41, 5.74) is 2.87. The highest BCUT2D eigenvalue weighted by Crippen LogP contribution is 2.31. The molecule has 0 aliphatic carbocycles. The molecule has 4 atom stereocenters. The van der Waals surface area contributed by atoms with Gasteiger partial charge in [-0.2, -0.15) is 0 Å². The summed E-state index contributed by atoms with van der Waals surface area (Å²) >= 11 is 0. The second kappa shape index (κ2) is 7.13. The zero-order valence-electron chi connectivity index (χ0n) is 14.8. The van der Waals surface area contributed by atoms with Crippen molar-refractivity contribution in [3.05, 3.63) is 29.3 Å². The first-order valence-electron chi connectivity index (χ1n) is 9.08. The van der Waals surface area contributed by atoms with E-state index in [4.69, 9.17) is 14.7 Å². The molecule has 3 aliphatic heterocycles. The summed E-state index contributed by atoms with van der Waals surface area (Å²) in [6.07, 6.45) is 1.85. The molecule has 0 saturated carbocycles. The number of carbonyl (C=O) groups excluding carboxylic acids is 1. The van der Waals surface area contributed by atoms with E-state index in [-0.39, 0.29) is 18.2 Å². The smallest absolute Gasteiger partial charge is 0.274 e. The topological polar surface area (TPSA) is 94.5 Å². The maximum Gasteiger partial charge on any atom is 0.274 e. The number of hydrogen-bond acceptors (Lipinski definition) is 7. The normalized spacial score (nSPS) is 30.2. The number of benzene rings is 1. The molecule has 3 N–H and O–H groups in total. The highest BCUT2D eigenvalue weighted by molar-refractivity contribution is 5.93. The lowest BCUT2D eigenvalue weighted by Crippen LogP contribution is -2.57. The Hall–Kier alpha value is -1.71. The van der Waals surface area contributed by atoms with E-state index in [1.807, 2.05) is 11.8 Å². The molecule has 8 nitrogen and oxygen atoms in total. The largest absolute Gasteiger partial charge is 0.492 e. The lowest BCUT2D eigenvalue weighted by atomic mass is 10.1. The number of aliphatic hydroxyl groups is 1. The fraction of sp³-hybridized carbons (Fsp3) is 0.611. The molecule has 4 rings (SSSR count). The van der Waals surface area contributed by atoms with Crippen molar-refractivity contribution in [3.63, 3.8) is 0 Å². The molecule has 8 heteroatoms. The van der Waals surface area contributed by atoms with E-state index < -0.39 is 12.3 Å². The van der Waals surface area contributed by atoms with Crippen molar-refractivity contribution in [1.82, 2.24) is 15.3 Å². The average Bonchev–Trinajstić information content (AvgIpc) is 2.90. The molecule has 0 radical (unpaired) electrons. The summed E-state index contributed by atoms with van der Waals surface area (Å²) < 4.78 is 11.7. The molecule has 2 bridgehead atoms. The minimum absolute atomic E-state index is 0.00742. The Morgan fingerprint density at radius 1 is 1.31 bits per heavy atom. The molecule has 0 aromatic heterocycles. The number of amides is 1. The summed E-state index contributed by atoms with van der Waals surface area (Å²) in [5, 5.41) is 19.8. The Morgan fingerprint density at radius 3 is 2.73 bits per heavy atom. The van der Waals surface area contributed by atoms with Crippen molar-refractivity contribution >= 4 is 5.91 Å². The third-order valence-electron chi connectivity index (χ3n) is 5.53. The molecule has 2 saturated heterocycles. The van der Waals surface area contributed by atoms with E-state index in [2.05, 4.69) is 4.90 Å². The quantitative estimate of drug-likeness (QED) is 0.533. The van der Waals surface area contributed by atoms with Crippen LogP contribution in [0.3, 0.4) is 0 Å². The summed E-state index contributed by atoms with van der Waals surface area (Å²) in [6, 6.07) is 5.08. The number of nitrogens with one attached hydrogen (secondary N) is 1. The van der Waals surface area contributed by atoms with E-state index in [0.717, 1.165) is 31.5 Å². The van der Waals surface area contributed by atoms with Gasteiger partial charge in [0, 0.05) is 36.8 Å². The van der Waals surface area contributed by atoms with E-state index in [0.29, 0.717) is 24.5 Å². The van der Waals surface area contributed by atoms with Crippen LogP contribution in [-0.2, 0) is 11.3 Å². The molecule has 1 amide bonds. The lowest BCUT2D eigenvalue weighted by Gasteiger charge is -2.41. The summed E-state index contributed by atoms with van der Waals surface area (Å²) in [5.74, 6) is 0.0316. The average molecular weight is 363 g/mol. The molecule has 1 aromatic rings. The molecular weight excluding hydrogens is 338 g/mol. The van der Waals surface area contributed by atoms with Crippen LogP contribution in [0.5, 0.6) is 5.75 Å². The second-order valence-electron chi connectivity index (χ2n) is 7.35. The summed E-state index contributed by atoms with van der Waals surface area (Å²) in [7, 11) is 0. The van der Waals surface area contributed by atoms with Gasteiger partial charge in [-0.15, -0.1) is 0 Å². The number of hydrogen-bond donors (Lipinski definition) is 3. The van der Waals surface area contributed by atoms with Gasteiger partial charge in [0.05, 0.1) is 12.2 Å². The minimum atomic E-state index is -0.702. The van der Waals surface area contributed by atoms with Gasteiger partial charge in [0.15, 0.2) is 6.35 Å². The molecule has 0 spiro atoms. The fourth-order valence-corrected chi connectivity index (χ4v) is 4.04. The van der Waals surface area contributed by atoms with Crippen molar-refractivity contribution in [2.75, 3.05) is 19.7 Å². The van der Waals surface area contributed by atoms with Crippen LogP contribution in [0.15, 0.2) is 18.2 Å². The molecule has 1 aromatic carbocycles. The number of hydroxylamine groups is 1. The monoisotopic (exact) mass is 363 g/mol. The first kappa shape index (κ1) is 17.7. The van der Waals surface area contributed by atoms with Gasteiger partial charge in [-0.3, -0.25) is 19.8 Å². The van der Waals surface area contributed by atoms with Crippen LogP contribution in [0.4, 0.5) is 0 Å². The van der Waals surface area contributed by atoms with Crippen LogP contribution < -0.4 is 10.2 Å². The fourth-order valence-electron chi connectivity index (χ4n) is 4.04. The zero-order chi connectivity index (χ0) is 18.3. The predicted molar refractivity (Wildman–Crippen MR) is 91.7 cm³/mol. The first-order chi connectivity index (χ1) is 12.5. The van der Waals surface area contributed by atoms with Crippen molar-refractivity contribution in [3.8, 4) is 5.75 Å². The van der Waals surface area contributed by atoms with Gasteiger partial charge >= 0.3 is 0 Å². The molecule has 3 aliphatic rings. The Bertz CT molecular complexity index is 673. The number of carbonyl (C=O) groups is 1.